The quantitative estimate of drug-likeness (QED) is 0.356. The Morgan fingerprint density at radius 3 is 2.89 bits per heavy atom. The highest BCUT2D eigenvalue weighted by Gasteiger charge is 2.09. The molecule has 1 nitrogen and oxygen atoms in total. The summed E-state index contributed by atoms with van der Waals surface area (Å²) in [4.78, 5) is 0. The molecular formula is C6H7FIN. The largest absolute Gasteiger partial charge is 0.287 e. The smallest absolute Gasteiger partial charge is 0.201 e. The normalized spacial score (nSPS) is 19.2. The second kappa shape index (κ2) is 2.68. The van der Waals surface area contributed by atoms with E-state index in [4.69, 9.17) is 0 Å². The van der Waals surface area contributed by atoms with Crippen molar-refractivity contribution >= 4 is 22.9 Å². The summed E-state index contributed by atoms with van der Waals surface area (Å²) in [7, 11) is 0. The van der Waals surface area contributed by atoms with Crippen LogP contribution < -0.4 is 0 Å². The average molecular weight is 239 g/mol. The fraction of sp³-hybridized carbons (Fsp3) is 0.333. The zero-order chi connectivity index (χ0) is 6.85. The molecule has 0 N–H and O–H groups in total. The van der Waals surface area contributed by atoms with Gasteiger partial charge in [0.1, 0.15) is 0 Å². The molecule has 0 unspecified atom stereocenters. The van der Waals surface area contributed by atoms with Crippen LogP contribution in [-0.4, -0.2) is 9.66 Å². The first-order valence-electron chi connectivity index (χ1n) is 2.68. The topological polar surface area (TPSA) is 3.24 Å². The van der Waals surface area contributed by atoms with Gasteiger partial charge in [-0.25, -0.2) is 0 Å². The van der Waals surface area contributed by atoms with Crippen LogP contribution in [0.15, 0.2) is 23.7 Å². The molecule has 1 aliphatic rings. The predicted molar refractivity (Wildman–Crippen MR) is 43.7 cm³/mol. The third-order valence-electron chi connectivity index (χ3n) is 1.17. The lowest BCUT2D eigenvalue weighted by atomic mass is 10.2. The maximum absolute atomic E-state index is 12.7. The number of allylic oxidation sites excluding steroid dienone is 2. The molecule has 0 aromatic carbocycles. The Labute approximate surface area is 67.7 Å². The van der Waals surface area contributed by atoms with Crippen molar-refractivity contribution < 1.29 is 4.39 Å². The van der Waals surface area contributed by atoms with E-state index in [9.17, 15) is 4.39 Å². The van der Waals surface area contributed by atoms with E-state index in [1.807, 2.05) is 28.9 Å². The van der Waals surface area contributed by atoms with Crippen molar-refractivity contribution in [2.24, 2.45) is 0 Å². The number of rotatable bonds is 0. The summed E-state index contributed by atoms with van der Waals surface area (Å²) in [6.45, 7) is 2.43. The fourth-order valence-electron chi connectivity index (χ4n) is 0.662. The summed E-state index contributed by atoms with van der Waals surface area (Å²) in [5, 5.41) is 0. The molecule has 0 spiro atoms. The number of halogens is 2. The van der Waals surface area contributed by atoms with Crippen molar-refractivity contribution in [3.8, 4) is 0 Å². The first-order valence-corrected chi connectivity index (χ1v) is 3.64. The van der Waals surface area contributed by atoms with E-state index >= 15 is 0 Å². The molecule has 3 heteroatoms. The van der Waals surface area contributed by atoms with Gasteiger partial charge in [0.05, 0.1) is 22.9 Å². The molecule has 0 saturated carbocycles. The maximum Gasteiger partial charge on any atom is 0.201 e. The molecule has 0 aromatic heterocycles. The van der Waals surface area contributed by atoms with E-state index in [2.05, 4.69) is 0 Å². The minimum atomic E-state index is -0.127. The lowest BCUT2D eigenvalue weighted by Crippen LogP contribution is -2.11. The summed E-state index contributed by atoms with van der Waals surface area (Å²) in [5.41, 5.74) is 0.704. The first-order chi connectivity index (χ1) is 4.22. The lowest BCUT2D eigenvalue weighted by Gasteiger charge is -2.16. The maximum atomic E-state index is 12.7. The number of hydrogen-bond donors (Lipinski definition) is 0. The Bertz CT molecular complexity index is 174. The molecular weight excluding hydrogens is 232 g/mol. The zero-order valence-electron chi connectivity index (χ0n) is 5.06. The second-order valence-electron chi connectivity index (χ2n) is 1.92. The molecule has 0 atom stereocenters. The van der Waals surface area contributed by atoms with Gasteiger partial charge in [0.25, 0.3) is 0 Å². The lowest BCUT2D eigenvalue weighted by molar-refractivity contribution is 0.458. The van der Waals surface area contributed by atoms with E-state index < -0.39 is 0 Å². The standard InChI is InChI=1S/C6H7FIN/c1-5-3-2-4-9(8)6(5)7/h2-3H,4H2,1H3. The third-order valence-corrected chi connectivity index (χ3v) is 1.99. The van der Waals surface area contributed by atoms with E-state index in [0.29, 0.717) is 12.1 Å². The monoisotopic (exact) mass is 239 g/mol. The van der Waals surface area contributed by atoms with Crippen LogP contribution in [0.3, 0.4) is 0 Å². The minimum Gasteiger partial charge on any atom is -0.287 e. The Kier molecular flexibility index (Phi) is 2.10. The van der Waals surface area contributed by atoms with Gasteiger partial charge in [0.15, 0.2) is 0 Å². The van der Waals surface area contributed by atoms with Crippen LogP contribution in [0.4, 0.5) is 4.39 Å². The van der Waals surface area contributed by atoms with Gasteiger partial charge in [0, 0.05) is 12.1 Å². The SMILES string of the molecule is CC1=C(F)N(I)CC=C1. The van der Waals surface area contributed by atoms with Crippen LogP contribution in [0.25, 0.3) is 0 Å². The van der Waals surface area contributed by atoms with Crippen molar-refractivity contribution in [2.45, 2.75) is 6.92 Å². The first kappa shape index (κ1) is 7.05. The average Bonchev–Trinajstić information content (AvgIpc) is 1.83. The molecule has 0 bridgehead atoms. The van der Waals surface area contributed by atoms with Gasteiger partial charge < -0.3 is 0 Å². The van der Waals surface area contributed by atoms with E-state index in [1.54, 1.807) is 16.1 Å². The molecule has 50 valence electrons. The molecule has 0 aliphatic carbocycles. The molecule has 1 heterocycles. The van der Waals surface area contributed by atoms with E-state index in [0.717, 1.165) is 0 Å². The van der Waals surface area contributed by atoms with Gasteiger partial charge in [-0.15, -0.1) is 0 Å². The van der Waals surface area contributed by atoms with Gasteiger partial charge in [-0.3, -0.25) is 3.11 Å². The van der Waals surface area contributed by atoms with Crippen molar-refractivity contribution in [1.29, 1.82) is 0 Å². The van der Waals surface area contributed by atoms with Gasteiger partial charge in [-0.05, 0) is 6.92 Å². The van der Waals surface area contributed by atoms with Crippen molar-refractivity contribution in [2.75, 3.05) is 6.54 Å². The Hall–Kier alpha value is -0.0600. The number of nitrogens with zero attached hydrogens (tertiary/aromatic N) is 1. The van der Waals surface area contributed by atoms with Crippen LogP contribution in [-0.2, 0) is 0 Å². The third kappa shape index (κ3) is 1.44. The summed E-state index contributed by atoms with van der Waals surface area (Å²) in [6, 6.07) is 0. The van der Waals surface area contributed by atoms with Crippen molar-refractivity contribution in [3.63, 3.8) is 0 Å². The van der Waals surface area contributed by atoms with Crippen LogP contribution in [0.1, 0.15) is 6.92 Å². The van der Waals surface area contributed by atoms with E-state index in [1.165, 1.54) is 0 Å². The van der Waals surface area contributed by atoms with Crippen molar-refractivity contribution in [3.05, 3.63) is 23.7 Å². The molecule has 9 heavy (non-hydrogen) atoms. The van der Waals surface area contributed by atoms with Crippen molar-refractivity contribution in [1.82, 2.24) is 3.11 Å². The van der Waals surface area contributed by atoms with E-state index in [-0.39, 0.29) is 5.95 Å². The molecule has 0 fully saturated rings. The summed E-state index contributed by atoms with van der Waals surface area (Å²) in [6.07, 6.45) is 3.73. The second-order valence-corrected chi connectivity index (χ2v) is 3.09. The molecule has 0 amide bonds. The predicted octanol–water partition coefficient (Wildman–Crippen LogP) is 2.41. The molecule has 0 saturated heterocycles. The van der Waals surface area contributed by atoms with Crippen LogP contribution in [0.2, 0.25) is 0 Å². The summed E-state index contributed by atoms with van der Waals surface area (Å²) >= 11 is 1.95. The zero-order valence-corrected chi connectivity index (χ0v) is 7.22. The summed E-state index contributed by atoms with van der Waals surface area (Å²) < 4.78 is 14.3. The van der Waals surface area contributed by atoms with Crippen LogP contribution in [0.5, 0.6) is 0 Å². The highest BCUT2D eigenvalue weighted by atomic mass is 127. The highest BCUT2D eigenvalue weighted by molar-refractivity contribution is 14.1. The fourth-order valence-corrected chi connectivity index (χ4v) is 1.27. The van der Waals surface area contributed by atoms with Gasteiger partial charge in [-0.1, -0.05) is 12.2 Å². The van der Waals surface area contributed by atoms with Crippen LogP contribution >= 0.6 is 22.9 Å². The molecule has 1 rings (SSSR count). The molecule has 0 radical (unpaired) electrons. The van der Waals surface area contributed by atoms with Crippen LogP contribution in [0, 0.1) is 0 Å². The minimum absolute atomic E-state index is 0.127. The Morgan fingerprint density at radius 2 is 2.44 bits per heavy atom. The molecule has 1 aliphatic heterocycles. The highest BCUT2D eigenvalue weighted by Crippen LogP contribution is 2.20. The number of hydrogen-bond acceptors (Lipinski definition) is 1. The van der Waals surface area contributed by atoms with Gasteiger partial charge in [-0.2, -0.15) is 4.39 Å². The van der Waals surface area contributed by atoms with Gasteiger partial charge >= 0.3 is 0 Å². The Balaban J connectivity index is 2.83. The summed E-state index contributed by atoms with van der Waals surface area (Å²) in [5.74, 6) is -0.127. The Morgan fingerprint density at radius 1 is 1.78 bits per heavy atom. The van der Waals surface area contributed by atoms with Gasteiger partial charge in [0.2, 0.25) is 5.95 Å². The molecule has 0 aromatic rings.